The first kappa shape index (κ1) is 15.8. The van der Waals surface area contributed by atoms with E-state index in [1.165, 1.54) is 96.7 Å². The summed E-state index contributed by atoms with van der Waals surface area (Å²) in [6.45, 7) is 6.31. The number of nitrogens with one attached hydrogen (secondary N) is 1. The molecule has 0 aromatic heterocycles. The molecule has 1 unspecified atom stereocenters. The second-order valence-electron chi connectivity index (χ2n) is 8.01. The van der Waals surface area contributed by atoms with Crippen LogP contribution in [-0.2, 0) is 0 Å². The Kier molecular flexibility index (Phi) is 5.61. The van der Waals surface area contributed by atoms with Crippen molar-refractivity contribution in [2.45, 2.75) is 95.6 Å². The van der Waals surface area contributed by atoms with Crippen LogP contribution in [0.3, 0.4) is 0 Å². The van der Waals surface area contributed by atoms with Gasteiger partial charge in [0.05, 0.1) is 0 Å². The van der Waals surface area contributed by atoms with Crippen LogP contribution >= 0.6 is 0 Å². The van der Waals surface area contributed by atoms with Crippen molar-refractivity contribution < 1.29 is 0 Å². The Bertz CT molecular complexity index is 305. The number of nitrogens with zero attached hydrogens (tertiary/aromatic N) is 1. The molecular weight excluding hydrogens is 256 g/mol. The third-order valence-corrected chi connectivity index (χ3v) is 6.19. The number of unbranched alkanes of at least 4 members (excludes halogenated alkanes) is 5. The molecule has 0 amide bonds. The summed E-state index contributed by atoms with van der Waals surface area (Å²) < 4.78 is 0. The van der Waals surface area contributed by atoms with Gasteiger partial charge in [-0.05, 0) is 44.6 Å². The van der Waals surface area contributed by atoms with Gasteiger partial charge in [-0.3, -0.25) is 4.90 Å². The van der Waals surface area contributed by atoms with Crippen LogP contribution < -0.4 is 5.32 Å². The van der Waals surface area contributed by atoms with Gasteiger partial charge in [-0.1, -0.05) is 51.9 Å². The van der Waals surface area contributed by atoms with Gasteiger partial charge in [0.2, 0.25) is 0 Å². The molecule has 122 valence electrons. The molecule has 2 nitrogen and oxygen atoms in total. The first-order chi connectivity index (χ1) is 10.3. The lowest BCUT2D eigenvalue weighted by Gasteiger charge is -2.47. The summed E-state index contributed by atoms with van der Waals surface area (Å²) in [6, 6.07) is 0.867. The minimum atomic E-state index is 0.508. The van der Waals surface area contributed by atoms with Crippen molar-refractivity contribution in [3.05, 3.63) is 0 Å². The lowest BCUT2D eigenvalue weighted by Crippen LogP contribution is -2.63. The third-order valence-electron chi connectivity index (χ3n) is 6.19. The Morgan fingerprint density at radius 3 is 2.43 bits per heavy atom. The largest absolute Gasteiger partial charge is 0.308 e. The van der Waals surface area contributed by atoms with E-state index in [4.69, 9.17) is 0 Å². The molecule has 3 rings (SSSR count). The standard InChI is InChI=1S/C19H36N2/c1-2-3-4-5-6-9-14-21-16-19(12-7-8-13-19)20-15-18(21)17-10-11-17/h17-18,20H,2-16H2,1H3. The van der Waals surface area contributed by atoms with Gasteiger partial charge in [-0.25, -0.2) is 0 Å². The van der Waals surface area contributed by atoms with Crippen molar-refractivity contribution in [1.29, 1.82) is 0 Å². The maximum absolute atomic E-state index is 3.97. The molecule has 0 radical (unpaired) electrons. The zero-order valence-electron chi connectivity index (χ0n) is 14.2. The van der Waals surface area contributed by atoms with Crippen LogP contribution in [0.4, 0.5) is 0 Å². The number of rotatable bonds is 8. The highest BCUT2D eigenvalue weighted by Gasteiger charge is 2.45. The van der Waals surface area contributed by atoms with E-state index in [1.54, 1.807) is 0 Å². The summed E-state index contributed by atoms with van der Waals surface area (Å²) in [7, 11) is 0. The van der Waals surface area contributed by atoms with Gasteiger partial charge >= 0.3 is 0 Å². The molecule has 2 heteroatoms. The normalized spacial score (nSPS) is 29.3. The van der Waals surface area contributed by atoms with Gasteiger partial charge in [0.15, 0.2) is 0 Å². The average molecular weight is 293 g/mol. The van der Waals surface area contributed by atoms with E-state index in [1.807, 2.05) is 0 Å². The lowest BCUT2D eigenvalue weighted by atomic mass is 9.91. The number of hydrogen-bond acceptors (Lipinski definition) is 2. The minimum absolute atomic E-state index is 0.508. The monoisotopic (exact) mass is 292 g/mol. The Hall–Kier alpha value is -0.0800. The predicted octanol–water partition coefficient (Wildman–Crippen LogP) is 4.34. The molecule has 1 atom stereocenters. The van der Waals surface area contributed by atoms with E-state index < -0.39 is 0 Å². The Balaban J connectivity index is 1.44. The molecule has 1 N–H and O–H groups in total. The van der Waals surface area contributed by atoms with Crippen LogP contribution in [0.2, 0.25) is 0 Å². The van der Waals surface area contributed by atoms with E-state index in [-0.39, 0.29) is 0 Å². The minimum Gasteiger partial charge on any atom is -0.308 e. The summed E-state index contributed by atoms with van der Waals surface area (Å²) in [5.74, 6) is 1.02. The maximum atomic E-state index is 3.97. The van der Waals surface area contributed by atoms with Crippen molar-refractivity contribution in [3.8, 4) is 0 Å². The molecule has 1 saturated heterocycles. The lowest BCUT2D eigenvalue weighted by molar-refractivity contribution is 0.0676. The van der Waals surface area contributed by atoms with Crippen molar-refractivity contribution in [2.75, 3.05) is 19.6 Å². The molecule has 0 aromatic carbocycles. The molecule has 1 aliphatic heterocycles. The summed E-state index contributed by atoms with van der Waals surface area (Å²) >= 11 is 0. The van der Waals surface area contributed by atoms with Gasteiger partial charge in [0.1, 0.15) is 0 Å². The second kappa shape index (κ2) is 7.46. The zero-order chi connectivity index (χ0) is 14.5. The summed E-state index contributed by atoms with van der Waals surface area (Å²) in [5.41, 5.74) is 0.508. The Morgan fingerprint density at radius 1 is 1.00 bits per heavy atom. The highest BCUT2D eigenvalue weighted by molar-refractivity contribution is 5.03. The van der Waals surface area contributed by atoms with Crippen LogP contribution in [0.1, 0.15) is 84.0 Å². The smallest absolute Gasteiger partial charge is 0.0309 e. The maximum Gasteiger partial charge on any atom is 0.0309 e. The van der Waals surface area contributed by atoms with Crippen LogP contribution in [0.25, 0.3) is 0 Å². The van der Waals surface area contributed by atoms with E-state index in [2.05, 4.69) is 17.1 Å². The fraction of sp³-hybridized carbons (Fsp3) is 1.00. The molecule has 1 heterocycles. The van der Waals surface area contributed by atoms with E-state index in [9.17, 15) is 0 Å². The van der Waals surface area contributed by atoms with Crippen molar-refractivity contribution in [2.24, 2.45) is 5.92 Å². The van der Waals surface area contributed by atoms with Gasteiger partial charge in [-0.15, -0.1) is 0 Å². The average Bonchev–Trinajstić information content (AvgIpc) is 3.24. The molecule has 3 fully saturated rings. The fourth-order valence-electron chi connectivity index (χ4n) is 4.68. The summed E-state index contributed by atoms with van der Waals surface area (Å²) in [5, 5.41) is 3.97. The topological polar surface area (TPSA) is 15.3 Å². The van der Waals surface area contributed by atoms with E-state index in [0.717, 1.165) is 12.0 Å². The molecule has 21 heavy (non-hydrogen) atoms. The summed E-state index contributed by atoms with van der Waals surface area (Å²) in [6.07, 6.45) is 17.3. The SMILES string of the molecule is CCCCCCCCN1CC2(CCCC2)NCC1C1CC1. The summed E-state index contributed by atoms with van der Waals surface area (Å²) in [4.78, 5) is 2.90. The second-order valence-corrected chi connectivity index (χ2v) is 8.01. The van der Waals surface area contributed by atoms with Gasteiger partial charge in [0.25, 0.3) is 0 Å². The van der Waals surface area contributed by atoms with Crippen LogP contribution in [-0.4, -0.2) is 36.1 Å². The van der Waals surface area contributed by atoms with Crippen LogP contribution in [0, 0.1) is 5.92 Å². The Morgan fingerprint density at radius 2 is 1.71 bits per heavy atom. The first-order valence-electron chi connectivity index (χ1n) is 9.82. The number of piperazine rings is 1. The van der Waals surface area contributed by atoms with Crippen molar-refractivity contribution in [1.82, 2.24) is 10.2 Å². The van der Waals surface area contributed by atoms with Crippen LogP contribution in [0.15, 0.2) is 0 Å². The number of hydrogen-bond donors (Lipinski definition) is 1. The quantitative estimate of drug-likeness (QED) is 0.669. The van der Waals surface area contributed by atoms with Crippen molar-refractivity contribution in [3.63, 3.8) is 0 Å². The molecular formula is C19H36N2. The van der Waals surface area contributed by atoms with E-state index in [0.29, 0.717) is 5.54 Å². The molecule has 0 bridgehead atoms. The van der Waals surface area contributed by atoms with Crippen LogP contribution in [0.5, 0.6) is 0 Å². The third kappa shape index (κ3) is 4.22. The van der Waals surface area contributed by atoms with Gasteiger partial charge in [-0.2, -0.15) is 0 Å². The molecule has 2 aliphatic carbocycles. The first-order valence-corrected chi connectivity index (χ1v) is 9.82. The molecule has 2 saturated carbocycles. The van der Waals surface area contributed by atoms with E-state index >= 15 is 0 Å². The predicted molar refractivity (Wildman–Crippen MR) is 90.7 cm³/mol. The zero-order valence-corrected chi connectivity index (χ0v) is 14.2. The van der Waals surface area contributed by atoms with Gasteiger partial charge in [0, 0.05) is 24.7 Å². The van der Waals surface area contributed by atoms with Gasteiger partial charge < -0.3 is 5.32 Å². The molecule has 0 aromatic rings. The highest BCUT2D eigenvalue weighted by atomic mass is 15.3. The fourth-order valence-corrected chi connectivity index (χ4v) is 4.68. The molecule has 3 aliphatic rings. The Labute approximate surface area is 132 Å². The molecule has 1 spiro atoms. The highest BCUT2D eigenvalue weighted by Crippen LogP contribution is 2.40. The van der Waals surface area contributed by atoms with Crippen molar-refractivity contribution >= 4 is 0 Å².